The molecule has 0 spiro atoms. The number of nitrogens with one attached hydrogen (secondary N) is 1. The third-order valence-electron chi connectivity index (χ3n) is 1.98. The molecule has 0 aliphatic carbocycles. The van der Waals surface area contributed by atoms with Crippen molar-refractivity contribution < 1.29 is 0 Å². The zero-order chi connectivity index (χ0) is 9.42. The Hall–Kier alpha value is -1.58. The molecule has 0 saturated heterocycles. The van der Waals surface area contributed by atoms with Gasteiger partial charge in [-0.2, -0.15) is 5.10 Å². The number of aromatic amines is 1. The first-order chi connectivity index (χ1) is 6.16. The molecule has 0 saturated carbocycles. The van der Waals surface area contributed by atoms with Crippen molar-refractivity contribution in [3.63, 3.8) is 0 Å². The molecule has 0 aliphatic heterocycles. The van der Waals surface area contributed by atoms with Gasteiger partial charge in [-0.3, -0.25) is 4.68 Å². The van der Waals surface area contributed by atoms with Gasteiger partial charge in [-0.05, 0) is 19.9 Å². The molecule has 0 unspecified atom stereocenters. The van der Waals surface area contributed by atoms with Crippen molar-refractivity contribution in [1.82, 2.24) is 19.7 Å². The van der Waals surface area contributed by atoms with Crippen LogP contribution >= 0.6 is 0 Å². The van der Waals surface area contributed by atoms with Gasteiger partial charge in [-0.1, -0.05) is 0 Å². The van der Waals surface area contributed by atoms with Gasteiger partial charge in [0, 0.05) is 7.05 Å². The lowest BCUT2D eigenvalue weighted by atomic mass is 10.3. The van der Waals surface area contributed by atoms with E-state index < -0.39 is 0 Å². The Balaban J connectivity index is 2.51. The van der Waals surface area contributed by atoms with Crippen molar-refractivity contribution in [1.29, 1.82) is 0 Å². The van der Waals surface area contributed by atoms with Crippen molar-refractivity contribution in [2.24, 2.45) is 7.05 Å². The minimum Gasteiger partial charge on any atom is -0.341 e. The molecule has 68 valence electrons. The van der Waals surface area contributed by atoms with Crippen molar-refractivity contribution in [3.05, 3.63) is 23.8 Å². The van der Waals surface area contributed by atoms with E-state index in [9.17, 15) is 0 Å². The fourth-order valence-corrected chi connectivity index (χ4v) is 1.41. The zero-order valence-corrected chi connectivity index (χ0v) is 8.00. The van der Waals surface area contributed by atoms with E-state index in [2.05, 4.69) is 15.1 Å². The Morgan fingerprint density at radius 2 is 2.15 bits per heavy atom. The molecule has 4 nitrogen and oxygen atoms in total. The van der Waals surface area contributed by atoms with Crippen LogP contribution in [0, 0.1) is 13.8 Å². The summed E-state index contributed by atoms with van der Waals surface area (Å²) in [5, 5.41) is 4.27. The first kappa shape index (κ1) is 8.04. The Bertz CT molecular complexity index is 425. The second-order valence-corrected chi connectivity index (χ2v) is 3.18. The molecular formula is C9H12N4. The van der Waals surface area contributed by atoms with Crippen LogP contribution in [0.5, 0.6) is 0 Å². The van der Waals surface area contributed by atoms with Gasteiger partial charge in [0.15, 0.2) is 0 Å². The molecular weight excluding hydrogens is 164 g/mol. The lowest BCUT2D eigenvalue weighted by molar-refractivity contribution is 0.762. The van der Waals surface area contributed by atoms with E-state index in [4.69, 9.17) is 0 Å². The standard InChI is InChI=1S/C9H12N4/c1-6-4-9(13(3)12-6)8-5-10-7(2)11-8/h4-5H,1-3H3,(H,10,11). The summed E-state index contributed by atoms with van der Waals surface area (Å²) >= 11 is 0. The van der Waals surface area contributed by atoms with Crippen LogP contribution in [0.4, 0.5) is 0 Å². The molecule has 2 heterocycles. The van der Waals surface area contributed by atoms with E-state index >= 15 is 0 Å². The zero-order valence-electron chi connectivity index (χ0n) is 8.00. The van der Waals surface area contributed by atoms with Crippen LogP contribution in [0.15, 0.2) is 12.3 Å². The van der Waals surface area contributed by atoms with E-state index in [1.165, 1.54) is 0 Å². The molecule has 0 atom stereocenters. The van der Waals surface area contributed by atoms with Crippen LogP contribution in [0.2, 0.25) is 0 Å². The van der Waals surface area contributed by atoms with Crippen molar-refractivity contribution in [2.45, 2.75) is 13.8 Å². The van der Waals surface area contributed by atoms with Crippen LogP contribution in [-0.2, 0) is 7.05 Å². The number of hydrogen-bond acceptors (Lipinski definition) is 2. The molecule has 0 fully saturated rings. The minimum atomic E-state index is 0.925. The van der Waals surface area contributed by atoms with Crippen LogP contribution < -0.4 is 0 Å². The monoisotopic (exact) mass is 176 g/mol. The highest BCUT2D eigenvalue weighted by molar-refractivity contribution is 5.54. The Kier molecular flexibility index (Phi) is 1.69. The van der Waals surface area contributed by atoms with Gasteiger partial charge in [-0.15, -0.1) is 0 Å². The van der Waals surface area contributed by atoms with Crippen LogP contribution in [0.3, 0.4) is 0 Å². The lowest BCUT2D eigenvalue weighted by Crippen LogP contribution is -1.93. The topological polar surface area (TPSA) is 46.5 Å². The molecule has 0 amide bonds. The summed E-state index contributed by atoms with van der Waals surface area (Å²) in [4.78, 5) is 7.32. The van der Waals surface area contributed by atoms with E-state index in [-0.39, 0.29) is 0 Å². The summed E-state index contributed by atoms with van der Waals surface area (Å²) in [5.41, 5.74) is 3.10. The third-order valence-corrected chi connectivity index (χ3v) is 1.98. The number of imidazole rings is 1. The molecule has 4 heteroatoms. The minimum absolute atomic E-state index is 0.925. The van der Waals surface area contributed by atoms with E-state index in [0.29, 0.717) is 0 Å². The molecule has 2 aromatic heterocycles. The highest BCUT2D eigenvalue weighted by atomic mass is 15.3. The average molecular weight is 176 g/mol. The van der Waals surface area contributed by atoms with Crippen LogP contribution in [-0.4, -0.2) is 19.7 Å². The Labute approximate surface area is 76.6 Å². The second kappa shape index (κ2) is 2.73. The summed E-state index contributed by atoms with van der Waals surface area (Å²) in [5.74, 6) is 0.925. The van der Waals surface area contributed by atoms with E-state index in [0.717, 1.165) is 22.9 Å². The molecule has 0 aliphatic rings. The number of H-pyrrole nitrogens is 1. The average Bonchev–Trinajstić information content (AvgIpc) is 2.58. The SMILES string of the molecule is Cc1cc(-c2cnc(C)[nH]2)n(C)n1. The number of rotatable bonds is 1. The van der Waals surface area contributed by atoms with Crippen molar-refractivity contribution >= 4 is 0 Å². The fourth-order valence-electron chi connectivity index (χ4n) is 1.41. The molecule has 1 N–H and O–H groups in total. The van der Waals surface area contributed by atoms with Gasteiger partial charge in [0.05, 0.1) is 23.3 Å². The summed E-state index contributed by atoms with van der Waals surface area (Å²) in [7, 11) is 1.93. The van der Waals surface area contributed by atoms with Gasteiger partial charge in [0.1, 0.15) is 5.82 Å². The summed E-state index contributed by atoms with van der Waals surface area (Å²) in [6.45, 7) is 3.92. The van der Waals surface area contributed by atoms with Gasteiger partial charge in [-0.25, -0.2) is 4.98 Å². The van der Waals surface area contributed by atoms with E-state index in [1.807, 2.05) is 37.8 Å². The number of hydrogen-bond donors (Lipinski definition) is 1. The van der Waals surface area contributed by atoms with Crippen LogP contribution in [0.1, 0.15) is 11.5 Å². The smallest absolute Gasteiger partial charge is 0.103 e. The van der Waals surface area contributed by atoms with Crippen LogP contribution in [0.25, 0.3) is 11.4 Å². The highest BCUT2D eigenvalue weighted by Gasteiger charge is 2.06. The normalized spacial score (nSPS) is 10.7. The number of aromatic nitrogens is 4. The Morgan fingerprint density at radius 3 is 2.62 bits per heavy atom. The number of aryl methyl sites for hydroxylation is 3. The first-order valence-corrected chi connectivity index (χ1v) is 4.19. The lowest BCUT2D eigenvalue weighted by Gasteiger charge is -1.95. The third kappa shape index (κ3) is 1.35. The van der Waals surface area contributed by atoms with Gasteiger partial charge in [0.2, 0.25) is 0 Å². The molecule has 2 aromatic rings. The van der Waals surface area contributed by atoms with Gasteiger partial charge >= 0.3 is 0 Å². The first-order valence-electron chi connectivity index (χ1n) is 4.19. The summed E-state index contributed by atoms with van der Waals surface area (Å²) in [6, 6.07) is 2.03. The van der Waals surface area contributed by atoms with Gasteiger partial charge in [0.25, 0.3) is 0 Å². The molecule has 0 aromatic carbocycles. The number of nitrogens with zero attached hydrogens (tertiary/aromatic N) is 3. The predicted octanol–water partition coefficient (Wildman–Crippen LogP) is 1.43. The van der Waals surface area contributed by atoms with Crippen molar-refractivity contribution in [3.8, 4) is 11.4 Å². The summed E-state index contributed by atoms with van der Waals surface area (Å²) in [6.07, 6.45) is 1.83. The van der Waals surface area contributed by atoms with Crippen molar-refractivity contribution in [2.75, 3.05) is 0 Å². The molecule has 0 radical (unpaired) electrons. The molecule has 13 heavy (non-hydrogen) atoms. The maximum absolute atomic E-state index is 4.27. The fraction of sp³-hybridized carbons (Fsp3) is 0.333. The second-order valence-electron chi connectivity index (χ2n) is 3.18. The largest absolute Gasteiger partial charge is 0.341 e. The maximum Gasteiger partial charge on any atom is 0.103 e. The summed E-state index contributed by atoms with van der Waals surface area (Å²) < 4.78 is 1.85. The Morgan fingerprint density at radius 1 is 1.38 bits per heavy atom. The predicted molar refractivity (Wildman–Crippen MR) is 50.3 cm³/mol. The van der Waals surface area contributed by atoms with E-state index in [1.54, 1.807) is 0 Å². The maximum atomic E-state index is 4.27. The molecule has 2 rings (SSSR count). The molecule has 0 bridgehead atoms. The van der Waals surface area contributed by atoms with Gasteiger partial charge < -0.3 is 4.98 Å². The highest BCUT2D eigenvalue weighted by Crippen LogP contribution is 2.16. The quantitative estimate of drug-likeness (QED) is 0.714.